The highest BCUT2D eigenvalue weighted by molar-refractivity contribution is 6.03. The summed E-state index contributed by atoms with van der Waals surface area (Å²) in [4.78, 5) is 29.0. The molecule has 0 spiro atoms. The molecule has 1 saturated heterocycles. The molecule has 7 nitrogen and oxygen atoms in total. The summed E-state index contributed by atoms with van der Waals surface area (Å²) in [5.41, 5.74) is 2.88. The molecule has 2 aromatic carbocycles. The van der Waals surface area contributed by atoms with Crippen LogP contribution in [0.1, 0.15) is 22.5 Å². The quantitative estimate of drug-likeness (QED) is 0.642. The second-order valence-corrected chi connectivity index (χ2v) is 7.68. The highest BCUT2D eigenvalue weighted by Crippen LogP contribution is 2.18. The summed E-state index contributed by atoms with van der Waals surface area (Å²) in [7, 11) is 3.92. The van der Waals surface area contributed by atoms with Crippen LogP contribution >= 0.6 is 0 Å². The largest absolute Gasteiger partial charge is 0.337 e. The summed E-state index contributed by atoms with van der Waals surface area (Å²) in [5.74, 6) is -0.259. The summed E-state index contributed by atoms with van der Waals surface area (Å²) in [5, 5.41) is 10.9. The van der Waals surface area contributed by atoms with Gasteiger partial charge in [-0.3, -0.25) is 14.7 Å². The van der Waals surface area contributed by atoms with Crippen molar-refractivity contribution < 1.29 is 9.59 Å². The molecule has 1 aliphatic heterocycles. The van der Waals surface area contributed by atoms with Crippen LogP contribution in [0, 0.1) is 0 Å². The number of nitrogens with one attached hydrogen (secondary N) is 2. The van der Waals surface area contributed by atoms with Crippen molar-refractivity contribution in [1.82, 2.24) is 20.0 Å². The van der Waals surface area contributed by atoms with Crippen LogP contribution in [0.3, 0.4) is 0 Å². The second kappa shape index (κ2) is 8.51. The van der Waals surface area contributed by atoms with E-state index in [2.05, 4.69) is 27.5 Å². The molecule has 1 fully saturated rings. The van der Waals surface area contributed by atoms with Crippen molar-refractivity contribution in [3.8, 4) is 0 Å². The molecular weight excluding hydrogens is 378 g/mol. The fraction of sp³-hybridized carbons (Fsp3) is 0.261. The first-order valence-corrected chi connectivity index (χ1v) is 9.99. The van der Waals surface area contributed by atoms with Gasteiger partial charge in [0.25, 0.3) is 5.91 Å². The lowest BCUT2D eigenvalue weighted by molar-refractivity contribution is -0.111. The maximum Gasteiger partial charge on any atom is 0.253 e. The Morgan fingerprint density at radius 2 is 1.97 bits per heavy atom. The van der Waals surface area contributed by atoms with Crippen molar-refractivity contribution in [3.05, 3.63) is 65.9 Å². The van der Waals surface area contributed by atoms with Gasteiger partial charge in [0, 0.05) is 42.3 Å². The van der Waals surface area contributed by atoms with E-state index in [9.17, 15) is 9.59 Å². The maximum atomic E-state index is 12.7. The van der Waals surface area contributed by atoms with Gasteiger partial charge in [0.2, 0.25) is 5.91 Å². The lowest BCUT2D eigenvalue weighted by Gasteiger charge is -2.24. The number of likely N-dealkylation sites (N-methyl/N-ethyl adjacent to an activating group) is 2. The number of aromatic nitrogens is 2. The van der Waals surface area contributed by atoms with Gasteiger partial charge < -0.3 is 15.1 Å². The molecule has 2 N–H and O–H groups in total. The maximum absolute atomic E-state index is 12.7. The Morgan fingerprint density at radius 1 is 1.20 bits per heavy atom. The van der Waals surface area contributed by atoms with Gasteiger partial charge >= 0.3 is 0 Å². The Balaban J connectivity index is 1.37. The van der Waals surface area contributed by atoms with Gasteiger partial charge in [0.05, 0.1) is 11.2 Å². The summed E-state index contributed by atoms with van der Waals surface area (Å²) in [6.07, 6.45) is 4.12. The van der Waals surface area contributed by atoms with Crippen LogP contribution in [-0.4, -0.2) is 65.0 Å². The highest BCUT2D eigenvalue weighted by atomic mass is 16.2. The molecule has 4 rings (SSSR count). The van der Waals surface area contributed by atoms with Crippen molar-refractivity contribution in [2.45, 2.75) is 12.5 Å². The number of benzene rings is 2. The number of amides is 2. The molecule has 2 heterocycles. The molecule has 0 radical (unpaired) electrons. The Kier molecular flexibility index (Phi) is 5.63. The van der Waals surface area contributed by atoms with Gasteiger partial charge in [-0.05, 0) is 56.4 Å². The highest BCUT2D eigenvalue weighted by Gasteiger charge is 2.26. The van der Waals surface area contributed by atoms with E-state index in [0.717, 1.165) is 30.4 Å². The van der Waals surface area contributed by atoms with Gasteiger partial charge in [-0.1, -0.05) is 18.2 Å². The van der Waals surface area contributed by atoms with Gasteiger partial charge in [-0.2, -0.15) is 5.10 Å². The van der Waals surface area contributed by atoms with Crippen molar-refractivity contribution in [2.24, 2.45) is 0 Å². The van der Waals surface area contributed by atoms with Crippen molar-refractivity contribution >= 4 is 34.5 Å². The lowest BCUT2D eigenvalue weighted by atomic mass is 10.1. The van der Waals surface area contributed by atoms with Gasteiger partial charge in [-0.15, -0.1) is 0 Å². The molecule has 154 valence electrons. The number of nitrogens with zero attached hydrogens (tertiary/aromatic N) is 3. The van der Waals surface area contributed by atoms with Gasteiger partial charge in [0.1, 0.15) is 0 Å². The minimum Gasteiger partial charge on any atom is -0.337 e. The SMILES string of the molecule is CN1CCC(N(C)C(=O)c2ccc(NC(=O)C=Cc3n[nH]c4ccccc34)cc2)C1. The Labute approximate surface area is 175 Å². The number of likely N-dealkylation sites (tertiary alicyclic amines) is 1. The Bertz CT molecular complexity index is 1090. The van der Waals surface area contributed by atoms with Crippen LogP contribution in [0.5, 0.6) is 0 Å². The number of aromatic amines is 1. The van der Waals surface area contributed by atoms with Gasteiger partial charge in [0.15, 0.2) is 0 Å². The minimum absolute atomic E-state index is 0.00140. The number of rotatable bonds is 5. The van der Waals surface area contributed by atoms with E-state index >= 15 is 0 Å². The van der Waals surface area contributed by atoms with Crippen LogP contribution in [0.25, 0.3) is 17.0 Å². The van der Waals surface area contributed by atoms with Crippen LogP contribution < -0.4 is 5.32 Å². The van der Waals surface area contributed by atoms with E-state index in [1.807, 2.05) is 36.2 Å². The smallest absolute Gasteiger partial charge is 0.253 e. The minimum atomic E-state index is -0.257. The summed E-state index contributed by atoms with van der Waals surface area (Å²) >= 11 is 0. The average Bonchev–Trinajstić information content (AvgIpc) is 3.38. The number of carbonyl (C=O) groups is 2. The van der Waals surface area contributed by atoms with E-state index in [-0.39, 0.29) is 17.9 Å². The van der Waals surface area contributed by atoms with Crippen LogP contribution in [0.15, 0.2) is 54.6 Å². The van der Waals surface area contributed by atoms with Crippen molar-refractivity contribution in [3.63, 3.8) is 0 Å². The molecule has 0 bridgehead atoms. The van der Waals surface area contributed by atoms with E-state index in [0.29, 0.717) is 16.9 Å². The number of hydrogen-bond donors (Lipinski definition) is 2. The monoisotopic (exact) mass is 403 g/mol. The number of carbonyl (C=O) groups excluding carboxylic acids is 2. The zero-order chi connectivity index (χ0) is 21.1. The Hall–Kier alpha value is -3.45. The zero-order valence-corrected chi connectivity index (χ0v) is 17.1. The van der Waals surface area contributed by atoms with Crippen molar-refractivity contribution in [1.29, 1.82) is 0 Å². The fourth-order valence-corrected chi connectivity index (χ4v) is 3.74. The number of anilines is 1. The molecule has 2 amide bonds. The molecule has 1 aromatic heterocycles. The number of H-pyrrole nitrogens is 1. The Morgan fingerprint density at radius 3 is 2.70 bits per heavy atom. The average molecular weight is 403 g/mol. The molecule has 0 aliphatic carbocycles. The fourth-order valence-electron chi connectivity index (χ4n) is 3.74. The predicted molar refractivity (Wildman–Crippen MR) is 118 cm³/mol. The lowest BCUT2D eigenvalue weighted by Crippen LogP contribution is -2.38. The third kappa shape index (κ3) is 4.26. The summed E-state index contributed by atoms with van der Waals surface area (Å²) in [6, 6.07) is 15.0. The number of para-hydroxylation sites is 1. The second-order valence-electron chi connectivity index (χ2n) is 7.68. The molecule has 1 unspecified atom stereocenters. The first-order valence-electron chi connectivity index (χ1n) is 9.99. The molecule has 30 heavy (non-hydrogen) atoms. The molecule has 1 atom stereocenters. The van der Waals surface area contributed by atoms with Crippen molar-refractivity contribution in [2.75, 3.05) is 32.5 Å². The van der Waals surface area contributed by atoms with Gasteiger partial charge in [-0.25, -0.2) is 0 Å². The topological polar surface area (TPSA) is 81.3 Å². The third-order valence-electron chi connectivity index (χ3n) is 5.53. The van der Waals surface area contributed by atoms with E-state index in [1.54, 1.807) is 30.3 Å². The zero-order valence-electron chi connectivity index (χ0n) is 17.1. The third-order valence-corrected chi connectivity index (χ3v) is 5.53. The summed E-state index contributed by atoms with van der Waals surface area (Å²) < 4.78 is 0. The first-order chi connectivity index (χ1) is 14.5. The molecule has 0 saturated carbocycles. The molecule has 3 aromatic rings. The molecular formula is C23H25N5O2. The number of fused-ring (bicyclic) bond motifs is 1. The number of hydrogen-bond acceptors (Lipinski definition) is 4. The van der Waals surface area contributed by atoms with Crippen LogP contribution in [-0.2, 0) is 4.79 Å². The normalized spacial score (nSPS) is 16.9. The van der Waals surface area contributed by atoms with Crippen LogP contribution in [0.2, 0.25) is 0 Å². The van der Waals surface area contributed by atoms with E-state index in [1.165, 1.54) is 6.08 Å². The molecule has 1 aliphatic rings. The standard InChI is InChI=1S/C23H25N5O2/c1-27-14-13-18(15-27)28(2)23(30)16-7-9-17(10-8-16)24-22(29)12-11-21-19-5-3-4-6-20(19)25-26-21/h3-12,18H,13-15H2,1-2H3,(H,24,29)(H,25,26). The van der Waals surface area contributed by atoms with E-state index < -0.39 is 0 Å². The molecule has 7 heteroatoms. The summed E-state index contributed by atoms with van der Waals surface area (Å²) in [6.45, 7) is 1.91. The van der Waals surface area contributed by atoms with Crippen LogP contribution in [0.4, 0.5) is 5.69 Å². The first kappa shape index (κ1) is 19.8. The van der Waals surface area contributed by atoms with E-state index in [4.69, 9.17) is 0 Å². The predicted octanol–water partition coefficient (Wildman–Crippen LogP) is 2.99.